The first-order valence-electron chi connectivity index (χ1n) is 9.65. The van der Waals surface area contributed by atoms with Gasteiger partial charge in [0, 0.05) is 11.7 Å². The van der Waals surface area contributed by atoms with E-state index in [0.717, 1.165) is 25.0 Å². The zero-order chi connectivity index (χ0) is 17.6. The largest absolute Gasteiger partial charge is 0.402 e. The van der Waals surface area contributed by atoms with E-state index in [4.69, 9.17) is 5.73 Å². The summed E-state index contributed by atoms with van der Waals surface area (Å²) in [7, 11) is 2.31. The standard InChI is InChI=1S/C15H24BN2.C6H12/c1-12-7-4-5-8-15(12)16-9-6-10-18-14(3)11-13(2)17;1-2-4-6-5-3-1/h4-5,7-8,11,14,18H,6,9-10,17H2,1-3H3;1-6H2/b13-11+;. The van der Waals surface area contributed by atoms with Gasteiger partial charge in [0.1, 0.15) is 0 Å². The molecule has 1 fully saturated rings. The Bertz CT molecular complexity index is 451. The van der Waals surface area contributed by atoms with Gasteiger partial charge in [-0.25, -0.2) is 0 Å². The molecule has 1 aliphatic rings. The van der Waals surface area contributed by atoms with Gasteiger partial charge in [-0.3, -0.25) is 0 Å². The van der Waals surface area contributed by atoms with Crippen molar-refractivity contribution in [2.45, 2.75) is 78.1 Å². The van der Waals surface area contributed by atoms with Crippen LogP contribution in [0.2, 0.25) is 6.32 Å². The SMILES string of the molecule is C/C(N)=C\C(C)NCCC[B]c1ccccc1C.C1CCCCC1. The van der Waals surface area contributed by atoms with Crippen molar-refractivity contribution in [3.63, 3.8) is 0 Å². The lowest BCUT2D eigenvalue weighted by Gasteiger charge is -2.10. The average molecular weight is 327 g/mol. The number of nitrogens with two attached hydrogens (primary N) is 1. The molecule has 1 saturated carbocycles. The Morgan fingerprint density at radius 3 is 2.29 bits per heavy atom. The van der Waals surface area contributed by atoms with E-state index in [1.807, 2.05) is 13.0 Å². The van der Waals surface area contributed by atoms with Crippen LogP contribution in [0.5, 0.6) is 0 Å². The molecule has 0 heterocycles. The number of rotatable bonds is 7. The van der Waals surface area contributed by atoms with Gasteiger partial charge in [0.15, 0.2) is 7.28 Å². The van der Waals surface area contributed by atoms with Crippen molar-refractivity contribution in [2.75, 3.05) is 6.54 Å². The molecule has 1 aromatic carbocycles. The molecule has 0 aliphatic heterocycles. The maximum absolute atomic E-state index is 5.63. The molecule has 0 spiro atoms. The first-order valence-corrected chi connectivity index (χ1v) is 9.65. The van der Waals surface area contributed by atoms with Crippen molar-refractivity contribution in [2.24, 2.45) is 5.73 Å². The highest BCUT2D eigenvalue weighted by Gasteiger charge is 2.00. The smallest absolute Gasteiger partial charge is 0.152 e. The number of benzene rings is 1. The first-order chi connectivity index (χ1) is 11.6. The molecular weight excluding hydrogens is 291 g/mol. The van der Waals surface area contributed by atoms with E-state index in [0.29, 0.717) is 6.04 Å². The monoisotopic (exact) mass is 327 g/mol. The third-order valence-electron chi connectivity index (χ3n) is 4.41. The Balaban J connectivity index is 0.000000400. The van der Waals surface area contributed by atoms with Crippen molar-refractivity contribution < 1.29 is 0 Å². The van der Waals surface area contributed by atoms with Crippen LogP contribution in [0.25, 0.3) is 0 Å². The molecule has 24 heavy (non-hydrogen) atoms. The minimum atomic E-state index is 0.355. The molecule has 0 bridgehead atoms. The van der Waals surface area contributed by atoms with Crippen LogP contribution < -0.4 is 16.5 Å². The molecule has 0 amide bonds. The second kappa shape index (κ2) is 13.1. The predicted octanol–water partition coefficient (Wildman–Crippen LogP) is 4.31. The van der Waals surface area contributed by atoms with E-state index in [9.17, 15) is 0 Å². The Morgan fingerprint density at radius 1 is 1.17 bits per heavy atom. The van der Waals surface area contributed by atoms with Gasteiger partial charge in [0.05, 0.1) is 0 Å². The van der Waals surface area contributed by atoms with Crippen LogP contribution in [0.1, 0.15) is 64.4 Å². The van der Waals surface area contributed by atoms with Crippen LogP contribution in [0, 0.1) is 6.92 Å². The van der Waals surface area contributed by atoms with Gasteiger partial charge >= 0.3 is 0 Å². The summed E-state index contributed by atoms with van der Waals surface area (Å²) in [5.74, 6) is 0. The van der Waals surface area contributed by atoms with E-state index in [1.165, 1.54) is 49.6 Å². The molecule has 1 aliphatic carbocycles. The summed E-state index contributed by atoms with van der Waals surface area (Å²) < 4.78 is 0. The Labute approximate surface area is 150 Å². The van der Waals surface area contributed by atoms with Crippen molar-refractivity contribution in [3.8, 4) is 0 Å². The number of nitrogens with one attached hydrogen (secondary N) is 1. The fourth-order valence-electron chi connectivity index (χ4n) is 3.02. The number of aryl methyl sites for hydroxylation is 1. The van der Waals surface area contributed by atoms with E-state index in [1.54, 1.807) is 0 Å². The lowest BCUT2D eigenvalue weighted by atomic mass is 9.65. The van der Waals surface area contributed by atoms with Crippen LogP contribution in [-0.2, 0) is 0 Å². The average Bonchev–Trinajstić information content (AvgIpc) is 2.57. The Kier molecular flexibility index (Phi) is 11.4. The van der Waals surface area contributed by atoms with Crippen molar-refractivity contribution in [1.29, 1.82) is 0 Å². The molecule has 2 nitrogen and oxygen atoms in total. The predicted molar refractivity (Wildman–Crippen MR) is 109 cm³/mol. The number of allylic oxidation sites excluding steroid dienone is 1. The summed E-state index contributed by atoms with van der Waals surface area (Å²) in [6.07, 6.45) is 13.3. The molecule has 1 atom stereocenters. The third-order valence-corrected chi connectivity index (χ3v) is 4.41. The normalized spacial score (nSPS) is 16.0. The van der Waals surface area contributed by atoms with E-state index in [2.05, 4.69) is 50.7 Å². The zero-order valence-electron chi connectivity index (χ0n) is 16.0. The molecular formula is C21H36BN2. The van der Waals surface area contributed by atoms with Crippen LogP contribution in [0.4, 0.5) is 0 Å². The van der Waals surface area contributed by atoms with Crippen LogP contribution in [0.3, 0.4) is 0 Å². The highest BCUT2D eigenvalue weighted by atomic mass is 14.9. The van der Waals surface area contributed by atoms with Crippen molar-refractivity contribution in [1.82, 2.24) is 5.32 Å². The topological polar surface area (TPSA) is 38.0 Å². The molecule has 133 valence electrons. The van der Waals surface area contributed by atoms with Gasteiger partial charge in [0.2, 0.25) is 0 Å². The van der Waals surface area contributed by atoms with E-state index in [-0.39, 0.29) is 0 Å². The minimum absolute atomic E-state index is 0.355. The molecule has 0 saturated heterocycles. The summed E-state index contributed by atoms with van der Waals surface area (Å²) >= 11 is 0. The van der Waals surface area contributed by atoms with Crippen molar-refractivity contribution >= 4 is 12.7 Å². The number of hydrogen-bond acceptors (Lipinski definition) is 2. The molecule has 3 N–H and O–H groups in total. The maximum atomic E-state index is 5.63. The lowest BCUT2D eigenvalue weighted by molar-refractivity contribution is 0.504. The van der Waals surface area contributed by atoms with Gasteiger partial charge in [0.25, 0.3) is 0 Å². The van der Waals surface area contributed by atoms with Gasteiger partial charge < -0.3 is 11.1 Å². The maximum Gasteiger partial charge on any atom is 0.152 e. The minimum Gasteiger partial charge on any atom is -0.402 e. The Hall–Kier alpha value is -1.22. The summed E-state index contributed by atoms with van der Waals surface area (Å²) in [4.78, 5) is 0. The molecule has 2 rings (SSSR count). The van der Waals surface area contributed by atoms with Gasteiger partial charge in [-0.15, -0.1) is 0 Å². The second-order valence-electron chi connectivity index (χ2n) is 6.98. The molecule has 1 radical (unpaired) electrons. The van der Waals surface area contributed by atoms with Crippen LogP contribution in [0.15, 0.2) is 36.0 Å². The second-order valence-corrected chi connectivity index (χ2v) is 6.98. The highest BCUT2D eigenvalue weighted by molar-refractivity contribution is 6.53. The van der Waals surface area contributed by atoms with E-state index < -0.39 is 0 Å². The molecule has 0 aromatic heterocycles. The van der Waals surface area contributed by atoms with Crippen LogP contribution >= 0.6 is 0 Å². The third kappa shape index (κ3) is 10.5. The van der Waals surface area contributed by atoms with Gasteiger partial charge in [-0.2, -0.15) is 0 Å². The molecule has 1 aromatic rings. The first kappa shape index (κ1) is 20.8. The quantitative estimate of drug-likeness (QED) is 0.578. The molecule has 1 unspecified atom stereocenters. The van der Waals surface area contributed by atoms with Gasteiger partial charge in [-0.1, -0.05) is 80.1 Å². The lowest BCUT2D eigenvalue weighted by Crippen LogP contribution is -2.26. The highest BCUT2D eigenvalue weighted by Crippen LogP contribution is 2.15. The molecule has 3 heteroatoms. The van der Waals surface area contributed by atoms with E-state index >= 15 is 0 Å². The van der Waals surface area contributed by atoms with Crippen LogP contribution in [-0.4, -0.2) is 19.9 Å². The summed E-state index contributed by atoms with van der Waals surface area (Å²) in [5.41, 5.74) is 9.21. The zero-order valence-corrected chi connectivity index (χ0v) is 16.0. The Morgan fingerprint density at radius 2 is 1.75 bits per heavy atom. The summed E-state index contributed by atoms with van der Waals surface area (Å²) in [5, 5.41) is 3.44. The fourth-order valence-corrected chi connectivity index (χ4v) is 3.02. The number of hydrogen-bond donors (Lipinski definition) is 2. The summed E-state index contributed by atoms with van der Waals surface area (Å²) in [6.45, 7) is 7.22. The fraction of sp³-hybridized carbons (Fsp3) is 0.619. The summed E-state index contributed by atoms with van der Waals surface area (Å²) in [6, 6.07) is 8.85. The van der Waals surface area contributed by atoms with Gasteiger partial charge in [-0.05, 0) is 39.8 Å². The van der Waals surface area contributed by atoms with Crippen molar-refractivity contribution in [3.05, 3.63) is 41.6 Å².